The lowest BCUT2D eigenvalue weighted by Gasteiger charge is -2.18. The Hall–Kier alpha value is -5.40. The third-order valence-corrected chi connectivity index (χ3v) is 7.71. The Kier molecular flexibility index (Phi) is 2.77. The fraction of sp³-hybridized carbons (Fsp3) is 0. The number of rotatable bonds is 2. The predicted octanol–water partition coefficient (Wildman–Crippen LogP) is 11.5. The molecule has 41 heavy (non-hydrogen) atoms. The van der Waals surface area contributed by atoms with Gasteiger partial charge in [0, 0.05) is 21.7 Å². The summed E-state index contributed by atoms with van der Waals surface area (Å²) in [6.45, 7) is 0. The molecule has 0 radical (unpaired) electrons. The molecule has 0 aliphatic carbocycles. The zero-order chi connectivity index (χ0) is 38.2. The standard InChI is InChI=1S/C40H24O/c1-2-10-25(11-3-1)31-22-23-36-38(34-21-19-27-13-5-9-17-32(27)40(34)41-36)39(31)37-30-16-8-6-14-28(30)24-35-29-15-7-4-12-26(29)18-20-33(35)37/h1-24H/i1D,2D,3D,5D,9D,10D,11D,13D,17D,19D,21D,22D,23D. The molecule has 0 bridgehead atoms. The van der Waals surface area contributed by atoms with Gasteiger partial charge in [0.25, 0.3) is 0 Å². The first-order valence-corrected chi connectivity index (χ1v) is 13.1. The van der Waals surface area contributed by atoms with Crippen molar-refractivity contribution in [1.29, 1.82) is 0 Å². The average molecular weight is 534 g/mol. The monoisotopic (exact) mass is 533 g/mol. The highest BCUT2D eigenvalue weighted by molar-refractivity contribution is 6.28. The van der Waals surface area contributed by atoms with Gasteiger partial charge in [0.15, 0.2) is 0 Å². The van der Waals surface area contributed by atoms with Crippen LogP contribution in [-0.4, -0.2) is 0 Å². The maximum Gasteiger partial charge on any atom is 0.143 e. The van der Waals surface area contributed by atoms with E-state index in [1.165, 1.54) is 0 Å². The van der Waals surface area contributed by atoms with Crippen LogP contribution in [0.3, 0.4) is 0 Å². The largest absolute Gasteiger partial charge is 0.455 e. The Morgan fingerprint density at radius 3 is 2.15 bits per heavy atom. The summed E-state index contributed by atoms with van der Waals surface area (Å²) in [5.41, 5.74) is -0.371. The van der Waals surface area contributed by atoms with Crippen molar-refractivity contribution in [2.75, 3.05) is 0 Å². The third kappa shape index (κ3) is 3.24. The van der Waals surface area contributed by atoms with E-state index in [-0.39, 0.29) is 49.4 Å². The van der Waals surface area contributed by atoms with Crippen molar-refractivity contribution >= 4 is 65.0 Å². The molecule has 8 aromatic carbocycles. The minimum atomic E-state index is -0.648. The Morgan fingerprint density at radius 2 is 1.24 bits per heavy atom. The van der Waals surface area contributed by atoms with Gasteiger partial charge in [-0.2, -0.15) is 0 Å². The molecule has 1 aromatic heterocycles. The summed E-state index contributed by atoms with van der Waals surface area (Å²) in [6.07, 6.45) is 0. The smallest absolute Gasteiger partial charge is 0.143 e. The molecule has 0 fully saturated rings. The van der Waals surface area contributed by atoms with Crippen molar-refractivity contribution in [2.24, 2.45) is 0 Å². The Balaban J connectivity index is 1.66. The molecular weight excluding hydrogens is 496 g/mol. The lowest BCUT2D eigenvalue weighted by molar-refractivity contribution is 0.673. The second-order valence-electron chi connectivity index (χ2n) is 9.86. The van der Waals surface area contributed by atoms with Crippen molar-refractivity contribution < 1.29 is 22.2 Å². The zero-order valence-electron chi connectivity index (χ0n) is 34.3. The highest BCUT2D eigenvalue weighted by Crippen LogP contribution is 2.49. The van der Waals surface area contributed by atoms with Gasteiger partial charge in [-0.3, -0.25) is 0 Å². The molecule has 0 N–H and O–H groups in total. The normalized spacial score (nSPS) is 16.3. The molecule has 0 amide bonds. The maximum atomic E-state index is 9.52. The number of furan rings is 1. The van der Waals surface area contributed by atoms with Gasteiger partial charge in [-0.1, -0.05) is 127 Å². The fourth-order valence-electron chi connectivity index (χ4n) is 5.96. The van der Waals surface area contributed by atoms with Gasteiger partial charge < -0.3 is 4.42 Å². The number of fused-ring (bicyclic) bond motifs is 9. The van der Waals surface area contributed by atoms with E-state index in [2.05, 4.69) is 0 Å². The first kappa shape index (κ1) is 13.3. The minimum Gasteiger partial charge on any atom is -0.455 e. The van der Waals surface area contributed by atoms with Crippen molar-refractivity contribution in [1.82, 2.24) is 0 Å². The van der Waals surface area contributed by atoms with E-state index < -0.39 is 78.6 Å². The Bertz CT molecular complexity index is 3170. The lowest BCUT2D eigenvalue weighted by atomic mass is 9.84. The number of hydrogen-bond donors (Lipinski definition) is 0. The van der Waals surface area contributed by atoms with Gasteiger partial charge in [-0.25, -0.2) is 0 Å². The minimum absolute atomic E-state index is 0.0337. The summed E-state index contributed by atoms with van der Waals surface area (Å²) in [7, 11) is 0. The Morgan fingerprint density at radius 1 is 0.463 bits per heavy atom. The van der Waals surface area contributed by atoms with Crippen LogP contribution < -0.4 is 0 Å². The number of hydrogen-bond acceptors (Lipinski definition) is 1. The van der Waals surface area contributed by atoms with Gasteiger partial charge in [0.2, 0.25) is 0 Å². The molecule has 0 atom stereocenters. The summed E-state index contributed by atoms with van der Waals surface area (Å²) in [5, 5.41) is 4.20. The van der Waals surface area contributed by atoms with Crippen LogP contribution >= 0.6 is 0 Å². The van der Waals surface area contributed by atoms with Crippen molar-refractivity contribution in [3.05, 3.63) is 145 Å². The van der Waals surface area contributed by atoms with Crippen LogP contribution in [0.15, 0.2) is 150 Å². The van der Waals surface area contributed by atoms with E-state index in [0.29, 0.717) is 16.3 Å². The van der Waals surface area contributed by atoms with Gasteiger partial charge in [0.1, 0.15) is 11.2 Å². The van der Waals surface area contributed by atoms with E-state index in [0.717, 1.165) is 21.5 Å². The van der Waals surface area contributed by atoms with E-state index in [1.54, 1.807) is 0 Å². The molecule has 190 valence electrons. The lowest BCUT2D eigenvalue weighted by Crippen LogP contribution is -1.91. The first-order valence-electron chi connectivity index (χ1n) is 19.6. The van der Waals surface area contributed by atoms with Crippen LogP contribution in [-0.2, 0) is 0 Å². The molecule has 0 spiro atoms. The van der Waals surface area contributed by atoms with Gasteiger partial charge in [-0.15, -0.1) is 0 Å². The van der Waals surface area contributed by atoms with Gasteiger partial charge in [-0.05, 0) is 72.5 Å². The fourth-order valence-corrected chi connectivity index (χ4v) is 5.96. The summed E-state index contributed by atoms with van der Waals surface area (Å²) in [5.74, 6) is 0. The molecule has 0 aliphatic rings. The van der Waals surface area contributed by atoms with E-state index in [1.807, 2.05) is 66.7 Å². The highest BCUT2D eigenvalue weighted by Gasteiger charge is 2.22. The third-order valence-electron chi connectivity index (χ3n) is 7.71. The first-order chi connectivity index (χ1) is 25.8. The average Bonchev–Trinajstić information content (AvgIpc) is 3.58. The van der Waals surface area contributed by atoms with E-state index in [9.17, 15) is 4.11 Å². The summed E-state index contributed by atoms with van der Waals surface area (Å²) < 4.78 is 121. The summed E-state index contributed by atoms with van der Waals surface area (Å²) >= 11 is 0. The molecule has 9 rings (SSSR count). The van der Waals surface area contributed by atoms with E-state index in [4.69, 9.17) is 18.1 Å². The summed E-state index contributed by atoms with van der Waals surface area (Å²) in [4.78, 5) is 0. The van der Waals surface area contributed by atoms with Gasteiger partial charge >= 0.3 is 0 Å². The van der Waals surface area contributed by atoms with Crippen molar-refractivity contribution in [3.8, 4) is 22.3 Å². The molecule has 1 nitrogen and oxygen atoms in total. The second-order valence-corrected chi connectivity index (χ2v) is 9.86. The molecule has 0 aliphatic heterocycles. The van der Waals surface area contributed by atoms with Gasteiger partial charge in [0.05, 0.1) is 17.8 Å². The predicted molar refractivity (Wildman–Crippen MR) is 175 cm³/mol. The SMILES string of the molecule is [2H]c1c([2H])c([2H])c(-c2c([2H])c([2H])c3oc4c5c([2H])c([2H])c([2H])c([2H])c5c([2H])c([2H])c4c3c2-c2c3ccccc3cc3c2ccc2ccccc23)c([2H])c1[2H]. The molecular formula is C40H24O. The van der Waals surface area contributed by atoms with Crippen LogP contribution in [0.4, 0.5) is 0 Å². The van der Waals surface area contributed by atoms with E-state index >= 15 is 0 Å². The summed E-state index contributed by atoms with van der Waals surface area (Å²) in [6, 6.07) is 13.6. The van der Waals surface area contributed by atoms with Crippen molar-refractivity contribution in [2.45, 2.75) is 0 Å². The molecule has 0 saturated carbocycles. The molecule has 1 heterocycles. The zero-order valence-corrected chi connectivity index (χ0v) is 21.3. The molecule has 9 aromatic rings. The van der Waals surface area contributed by atoms with Crippen molar-refractivity contribution in [3.63, 3.8) is 0 Å². The molecule has 0 unspecified atom stereocenters. The topological polar surface area (TPSA) is 13.1 Å². The van der Waals surface area contributed by atoms with Crippen LogP contribution in [0.5, 0.6) is 0 Å². The quantitative estimate of drug-likeness (QED) is 0.159. The molecule has 0 saturated heterocycles. The highest BCUT2D eigenvalue weighted by atomic mass is 16.3. The van der Waals surface area contributed by atoms with Crippen LogP contribution in [0.1, 0.15) is 17.8 Å². The Labute approximate surface area is 255 Å². The second kappa shape index (κ2) is 8.55. The number of benzene rings is 8. The van der Waals surface area contributed by atoms with Crippen LogP contribution in [0.2, 0.25) is 0 Å². The van der Waals surface area contributed by atoms with Crippen LogP contribution in [0.25, 0.3) is 87.3 Å². The molecule has 1 heteroatoms. The van der Waals surface area contributed by atoms with Crippen LogP contribution in [0, 0.1) is 0 Å². The maximum absolute atomic E-state index is 9.52.